The number of carbonyl (C=O) groups is 2. The molecule has 20 heavy (non-hydrogen) atoms. The molecule has 0 spiro atoms. The number of esters is 1. The van der Waals surface area contributed by atoms with Crippen LogP contribution in [0.15, 0.2) is 12.1 Å². The van der Waals surface area contributed by atoms with Crippen molar-refractivity contribution in [1.29, 1.82) is 0 Å². The number of halogens is 2. The van der Waals surface area contributed by atoms with Gasteiger partial charge in [-0.3, -0.25) is 0 Å². The molecule has 0 fully saturated rings. The van der Waals surface area contributed by atoms with Gasteiger partial charge in [-0.15, -0.1) is 0 Å². The van der Waals surface area contributed by atoms with Crippen molar-refractivity contribution in [3.63, 3.8) is 0 Å². The maximum atomic E-state index is 11.9. The molecule has 1 aromatic carbocycles. The Bertz CT molecular complexity index is 512. The van der Waals surface area contributed by atoms with Gasteiger partial charge in [-0.25, -0.2) is 4.79 Å². The lowest BCUT2D eigenvalue weighted by atomic mass is 10.1. The zero-order valence-corrected chi connectivity index (χ0v) is 12.8. The summed E-state index contributed by atoms with van der Waals surface area (Å²) in [7, 11) is 0. The molecule has 4 nitrogen and oxygen atoms in total. The van der Waals surface area contributed by atoms with Gasteiger partial charge >= 0.3 is 5.97 Å². The van der Waals surface area contributed by atoms with Crippen molar-refractivity contribution < 1.29 is 19.4 Å². The van der Waals surface area contributed by atoms with Crippen LogP contribution in [0.3, 0.4) is 0 Å². The summed E-state index contributed by atoms with van der Waals surface area (Å²) in [4.78, 5) is 22.9. The lowest BCUT2D eigenvalue weighted by Crippen LogP contribution is -2.25. The normalized spacial score (nSPS) is 10.7. The third-order valence-corrected chi connectivity index (χ3v) is 3.38. The van der Waals surface area contributed by atoms with Crippen molar-refractivity contribution in [2.45, 2.75) is 26.7 Å². The van der Waals surface area contributed by atoms with E-state index in [1.165, 1.54) is 6.07 Å². The van der Waals surface area contributed by atoms with Crippen LogP contribution in [0.5, 0.6) is 0 Å². The van der Waals surface area contributed by atoms with Gasteiger partial charge < -0.3 is 14.6 Å². The molecule has 0 aliphatic rings. The molecular formula is C14H15Cl2O4-. The molecule has 0 radical (unpaired) electrons. The Morgan fingerprint density at radius 1 is 1.20 bits per heavy atom. The van der Waals surface area contributed by atoms with E-state index in [4.69, 9.17) is 27.9 Å². The van der Waals surface area contributed by atoms with E-state index >= 15 is 0 Å². The van der Waals surface area contributed by atoms with E-state index in [1.807, 2.05) is 0 Å². The second-order valence-corrected chi connectivity index (χ2v) is 5.59. The number of hydrogen-bond acceptors (Lipinski definition) is 4. The fraction of sp³-hybridized carbons (Fsp3) is 0.429. The summed E-state index contributed by atoms with van der Waals surface area (Å²) < 4.78 is 5.03. The second kappa shape index (κ2) is 7.50. The lowest BCUT2D eigenvalue weighted by molar-refractivity contribution is -0.255. The van der Waals surface area contributed by atoms with Crippen LogP contribution in [0.1, 0.15) is 47.4 Å². The molecule has 0 heterocycles. The molecule has 0 aromatic heterocycles. The molecule has 0 unspecified atom stereocenters. The predicted octanol–water partition coefficient (Wildman–Crippen LogP) is 2.95. The molecule has 0 bridgehead atoms. The molecule has 1 rings (SSSR count). The van der Waals surface area contributed by atoms with Crippen molar-refractivity contribution in [2.24, 2.45) is 5.92 Å². The average Bonchev–Trinajstić information content (AvgIpc) is 2.36. The van der Waals surface area contributed by atoms with Crippen LogP contribution in [0, 0.1) is 5.92 Å². The summed E-state index contributed by atoms with van der Waals surface area (Å²) in [5.41, 5.74) is -0.475. The highest BCUT2D eigenvalue weighted by molar-refractivity contribution is 6.42. The fourth-order valence-electron chi connectivity index (χ4n) is 1.62. The van der Waals surface area contributed by atoms with Crippen molar-refractivity contribution in [3.05, 3.63) is 33.3 Å². The summed E-state index contributed by atoms with van der Waals surface area (Å²) in [5.74, 6) is -1.73. The predicted molar refractivity (Wildman–Crippen MR) is 75.1 cm³/mol. The highest BCUT2D eigenvalue weighted by atomic mass is 35.5. The third kappa shape index (κ3) is 4.69. The zero-order chi connectivity index (χ0) is 15.3. The third-order valence-electron chi connectivity index (χ3n) is 2.66. The molecular weight excluding hydrogens is 303 g/mol. The summed E-state index contributed by atoms with van der Waals surface area (Å²) in [6, 6.07) is 2.27. The summed E-state index contributed by atoms with van der Waals surface area (Å²) >= 11 is 11.5. The Kier molecular flexibility index (Phi) is 6.30. The molecule has 0 N–H and O–H groups in total. The van der Waals surface area contributed by atoms with Crippen LogP contribution in [0.4, 0.5) is 0 Å². The van der Waals surface area contributed by atoms with Crippen molar-refractivity contribution in [2.75, 3.05) is 6.61 Å². The summed E-state index contributed by atoms with van der Waals surface area (Å²) in [6.07, 6.45) is 1.63. The molecule has 0 saturated carbocycles. The molecule has 0 saturated heterocycles. The Labute approximate surface area is 127 Å². The first-order valence-electron chi connectivity index (χ1n) is 6.20. The van der Waals surface area contributed by atoms with E-state index in [9.17, 15) is 14.7 Å². The van der Waals surface area contributed by atoms with Crippen molar-refractivity contribution in [1.82, 2.24) is 0 Å². The van der Waals surface area contributed by atoms with E-state index < -0.39 is 11.9 Å². The minimum atomic E-state index is -1.50. The number of hydrogen-bond donors (Lipinski definition) is 0. The standard InChI is InChI=1S/C14H16Cl2O4/c1-8(2)4-3-5-20-14(19)10-7-12(16)11(15)6-9(10)13(17)18/h6-8H,3-5H2,1-2H3,(H,17,18)/p-1. The summed E-state index contributed by atoms with van der Waals surface area (Å²) in [6.45, 7) is 4.35. The molecule has 6 heteroatoms. The zero-order valence-electron chi connectivity index (χ0n) is 11.2. The Morgan fingerprint density at radius 2 is 1.75 bits per heavy atom. The fourth-order valence-corrected chi connectivity index (χ4v) is 1.95. The molecule has 0 aliphatic heterocycles. The lowest BCUT2D eigenvalue weighted by Gasteiger charge is -2.12. The van der Waals surface area contributed by atoms with Gasteiger partial charge in [-0.05, 0) is 30.9 Å². The van der Waals surface area contributed by atoms with Crippen LogP contribution in [0.2, 0.25) is 10.0 Å². The number of aromatic carboxylic acids is 1. The van der Waals surface area contributed by atoms with Gasteiger partial charge in [0.15, 0.2) is 0 Å². The van der Waals surface area contributed by atoms with Gasteiger partial charge in [0, 0.05) is 5.56 Å². The van der Waals surface area contributed by atoms with E-state index in [1.54, 1.807) is 0 Å². The van der Waals surface area contributed by atoms with Crippen LogP contribution >= 0.6 is 23.2 Å². The van der Waals surface area contributed by atoms with E-state index in [-0.39, 0.29) is 27.8 Å². The first-order valence-corrected chi connectivity index (χ1v) is 6.96. The molecule has 0 amide bonds. The number of benzene rings is 1. The maximum Gasteiger partial charge on any atom is 0.338 e. The molecule has 0 atom stereocenters. The summed E-state index contributed by atoms with van der Waals surface area (Å²) in [5, 5.41) is 11.1. The number of rotatable bonds is 6. The maximum absolute atomic E-state index is 11.9. The van der Waals surface area contributed by atoms with E-state index in [2.05, 4.69) is 13.8 Å². The Morgan fingerprint density at radius 3 is 2.25 bits per heavy atom. The minimum Gasteiger partial charge on any atom is -0.545 e. The number of ether oxygens (including phenoxy) is 1. The quantitative estimate of drug-likeness (QED) is 0.597. The first-order chi connectivity index (χ1) is 9.32. The van der Waals surface area contributed by atoms with Crippen LogP contribution in [-0.4, -0.2) is 18.5 Å². The van der Waals surface area contributed by atoms with Gasteiger partial charge in [0.25, 0.3) is 0 Å². The van der Waals surface area contributed by atoms with Gasteiger partial charge in [-0.2, -0.15) is 0 Å². The Balaban J connectivity index is 2.81. The van der Waals surface area contributed by atoms with Gasteiger partial charge in [-0.1, -0.05) is 37.0 Å². The van der Waals surface area contributed by atoms with E-state index in [0.29, 0.717) is 12.3 Å². The highest BCUT2D eigenvalue weighted by Gasteiger charge is 2.16. The SMILES string of the molecule is CC(C)CCCOC(=O)c1cc(Cl)c(Cl)cc1C(=O)[O-]. The number of carboxylic acid groups (broad SMARTS) is 1. The number of carboxylic acids is 1. The molecule has 0 aliphatic carbocycles. The average molecular weight is 318 g/mol. The van der Waals surface area contributed by atoms with Crippen LogP contribution < -0.4 is 5.11 Å². The van der Waals surface area contributed by atoms with Crippen molar-refractivity contribution >= 4 is 35.1 Å². The smallest absolute Gasteiger partial charge is 0.338 e. The molecule has 1 aromatic rings. The largest absolute Gasteiger partial charge is 0.545 e. The second-order valence-electron chi connectivity index (χ2n) is 4.77. The van der Waals surface area contributed by atoms with Gasteiger partial charge in [0.2, 0.25) is 0 Å². The van der Waals surface area contributed by atoms with Crippen LogP contribution in [0.25, 0.3) is 0 Å². The van der Waals surface area contributed by atoms with Crippen LogP contribution in [-0.2, 0) is 4.74 Å². The van der Waals surface area contributed by atoms with Gasteiger partial charge in [0.05, 0.1) is 28.2 Å². The van der Waals surface area contributed by atoms with E-state index in [0.717, 1.165) is 12.5 Å². The van der Waals surface area contributed by atoms with Gasteiger partial charge in [0.1, 0.15) is 0 Å². The first kappa shape index (κ1) is 16.8. The topological polar surface area (TPSA) is 66.4 Å². The minimum absolute atomic E-state index is 0.0437. The monoisotopic (exact) mass is 317 g/mol. The Hall–Kier alpha value is -1.26. The number of carbonyl (C=O) groups excluding carboxylic acids is 2. The van der Waals surface area contributed by atoms with Crippen molar-refractivity contribution in [3.8, 4) is 0 Å². The highest BCUT2D eigenvalue weighted by Crippen LogP contribution is 2.26. The molecule has 110 valence electrons.